The van der Waals surface area contributed by atoms with Crippen molar-refractivity contribution >= 4 is 49.0 Å². The Bertz CT molecular complexity index is 2170. The Labute approximate surface area is 241 Å². The van der Waals surface area contributed by atoms with Gasteiger partial charge in [-0.25, -0.2) is 19.5 Å². The van der Waals surface area contributed by atoms with E-state index in [4.69, 9.17) is 15.0 Å². The molecule has 0 aliphatic heterocycles. The molecular weight excluding hydrogens is 502 g/mol. The molecule has 7 rings (SSSR count). The molecule has 206 valence electrons. The van der Waals surface area contributed by atoms with Crippen molar-refractivity contribution in [2.45, 2.75) is 73.1 Å². The highest BCUT2D eigenvalue weighted by Crippen LogP contribution is 2.43. The van der Waals surface area contributed by atoms with E-state index in [1.54, 1.807) is 0 Å². The van der Waals surface area contributed by atoms with Crippen molar-refractivity contribution in [1.29, 1.82) is 0 Å². The minimum absolute atomic E-state index is 0.196. The summed E-state index contributed by atoms with van der Waals surface area (Å²) in [7, 11) is 2.17. The Kier molecular flexibility index (Phi) is 5.18. The molecule has 0 amide bonds. The third-order valence-corrected chi connectivity index (χ3v) is 8.72. The van der Waals surface area contributed by atoms with Crippen LogP contribution in [0.5, 0.6) is 0 Å². The average molecular weight is 541 g/mol. The highest BCUT2D eigenvalue weighted by atomic mass is 15.1. The fraction of sp³-hybridized carbons (Fsp3) is 0.333. The predicted molar refractivity (Wildman–Crippen MR) is 170 cm³/mol. The van der Waals surface area contributed by atoms with Gasteiger partial charge in [-0.15, -0.1) is 0 Å². The van der Waals surface area contributed by atoms with E-state index in [9.17, 15) is 0 Å². The van der Waals surface area contributed by atoms with E-state index in [1.807, 2.05) is 0 Å². The molecular formula is C36H38N5+. The average Bonchev–Trinajstić information content (AvgIpc) is 3.24. The maximum atomic E-state index is 5.08. The van der Waals surface area contributed by atoms with Crippen LogP contribution in [-0.4, -0.2) is 19.4 Å². The number of aromatic nitrogens is 5. The molecule has 41 heavy (non-hydrogen) atoms. The smallest absolute Gasteiger partial charge is 0.224 e. The second-order valence-electron chi connectivity index (χ2n) is 13.9. The molecule has 0 unspecified atom stereocenters. The van der Waals surface area contributed by atoms with E-state index in [0.717, 1.165) is 23.0 Å². The first kappa shape index (κ1) is 25.8. The molecule has 0 bridgehead atoms. The van der Waals surface area contributed by atoms with Gasteiger partial charge in [0.1, 0.15) is 18.7 Å². The summed E-state index contributed by atoms with van der Waals surface area (Å²) in [6, 6.07) is 15.9. The maximum absolute atomic E-state index is 5.08. The summed E-state index contributed by atoms with van der Waals surface area (Å²) in [5, 5.41) is 6.39. The standard InChI is InChI=1S/C36H38N5/c1-19-12-11-13-24-25-16-20(2)21(3)27-30(25)41(29(19)24)26-18-23(17-22-14-15-40(10)31(27)28(22)26)32-37-33(35(4,5)6)39-34(38-32)36(7,8)9/h11-18H,1-10H3/q+1. The van der Waals surface area contributed by atoms with Gasteiger partial charge in [-0.3, -0.25) is 0 Å². The molecule has 3 aromatic carbocycles. The van der Waals surface area contributed by atoms with Crippen molar-refractivity contribution in [2.75, 3.05) is 0 Å². The van der Waals surface area contributed by atoms with E-state index >= 15 is 0 Å². The summed E-state index contributed by atoms with van der Waals surface area (Å²) in [6.07, 6.45) is 2.19. The van der Waals surface area contributed by atoms with Crippen LogP contribution >= 0.6 is 0 Å². The summed E-state index contributed by atoms with van der Waals surface area (Å²) >= 11 is 0. The first-order chi connectivity index (χ1) is 19.3. The van der Waals surface area contributed by atoms with Gasteiger partial charge in [-0.2, -0.15) is 0 Å². The molecule has 5 nitrogen and oxygen atoms in total. The number of fused-ring (bicyclic) bond motifs is 5. The zero-order chi connectivity index (χ0) is 29.2. The minimum Gasteiger partial charge on any atom is -0.307 e. The number of rotatable bonds is 1. The molecule has 0 aliphatic rings. The van der Waals surface area contributed by atoms with Crippen molar-refractivity contribution in [3.8, 4) is 11.4 Å². The SMILES string of the molecule is Cc1cc2c3cccc(C)c3n3c4cc(-c5nc(C(C)(C)C)nc(C(C)(C)C)n5)cc5cc[n+](C)c(c(c1C)c23)c54. The van der Waals surface area contributed by atoms with E-state index in [0.29, 0.717) is 0 Å². The van der Waals surface area contributed by atoms with E-state index in [2.05, 4.69) is 127 Å². The van der Waals surface area contributed by atoms with Crippen LogP contribution in [0, 0.1) is 20.8 Å². The first-order valence-corrected chi connectivity index (χ1v) is 14.5. The Morgan fingerprint density at radius 3 is 2.05 bits per heavy atom. The minimum atomic E-state index is -0.196. The Balaban J connectivity index is 1.73. The van der Waals surface area contributed by atoms with Crippen LogP contribution in [0.1, 0.15) is 69.9 Å². The predicted octanol–water partition coefficient (Wildman–Crippen LogP) is 8.19. The monoisotopic (exact) mass is 540 g/mol. The van der Waals surface area contributed by atoms with Crippen molar-refractivity contribution in [3.63, 3.8) is 0 Å². The number of hydrogen-bond acceptors (Lipinski definition) is 3. The highest BCUT2D eigenvalue weighted by molar-refractivity contribution is 6.26. The number of hydrogen-bond donors (Lipinski definition) is 0. The molecule has 5 heteroatoms. The second-order valence-corrected chi connectivity index (χ2v) is 13.9. The number of aryl methyl sites for hydroxylation is 4. The number of para-hydroxylation sites is 1. The fourth-order valence-corrected chi connectivity index (χ4v) is 6.42. The third kappa shape index (κ3) is 3.61. The molecule has 0 fully saturated rings. The quantitative estimate of drug-likeness (QED) is 0.120. The van der Waals surface area contributed by atoms with Crippen molar-refractivity contribution < 1.29 is 4.57 Å². The van der Waals surface area contributed by atoms with Crippen LogP contribution in [-0.2, 0) is 17.9 Å². The molecule has 0 aliphatic carbocycles. The van der Waals surface area contributed by atoms with E-state index < -0.39 is 0 Å². The van der Waals surface area contributed by atoms with Crippen molar-refractivity contribution in [1.82, 2.24) is 19.4 Å². The van der Waals surface area contributed by atoms with Crippen LogP contribution in [0.15, 0.2) is 48.7 Å². The van der Waals surface area contributed by atoms with Gasteiger partial charge in [0.2, 0.25) is 5.52 Å². The summed E-state index contributed by atoms with van der Waals surface area (Å²) in [4.78, 5) is 15.1. The summed E-state index contributed by atoms with van der Waals surface area (Å²) in [6.45, 7) is 19.7. The van der Waals surface area contributed by atoms with Crippen LogP contribution in [0.2, 0.25) is 0 Å². The summed E-state index contributed by atoms with van der Waals surface area (Å²) < 4.78 is 4.80. The van der Waals surface area contributed by atoms with Crippen molar-refractivity contribution in [3.05, 3.63) is 77.0 Å². The lowest BCUT2D eigenvalue weighted by atomic mass is 9.92. The zero-order valence-electron chi connectivity index (χ0n) is 25.9. The molecule has 0 atom stereocenters. The lowest BCUT2D eigenvalue weighted by Gasteiger charge is -2.23. The van der Waals surface area contributed by atoms with Crippen LogP contribution < -0.4 is 4.57 Å². The Hall–Kier alpha value is -4.12. The molecule has 0 spiro atoms. The number of nitrogens with zero attached hydrogens (tertiary/aromatic N) is 5. The summed E-state index contributed by atoms with van der Waals surface area (Å²) in [5.41, 5.74) is 9.55. The Morgan fingerprint density at radius 2 is 1.39 bits per heavy atom. The van der Waals surface area contributed by atoms with Crippen LogP contribution in [0.3, 0.4) is 0 Å². The van der Waals surface area contributed by atoms with Crippen LogP contribution in [0.25, 0.3) is 60.4 Å². The lowest BCUT2D eigenvalue weighted by Crippen LogP contribution is -2.29. The first-order valence-electron chi connectivity index (χ1n) is 14.5. The van der Waals surface area contributed by atoms with Gasteiger partial charge in [0, 0.05) is 33.2 Å². The normalized spacial score (nSPS) is 13.1. The molecule has 0 N–H and O–H groups in total. The third-order valence-electron chi connectivity index (χ3n) is 8.72. The maximum Gasteiger partial charge on any atom is 0.224 e. The van der Waals surface area contributed by atoms with Gasteiger partial charge in [-0.05, 0) is 61.0 Å². The number of benzene rings is 3. The molecule has 0 saturated heterocycles. The fourth-order valence-electron chi connectivity index (χ4n) is 6.42. The van der Waals surface area contributed by atoms with Gasteiger partial charge in [0.25, 0.3) is 0 Å². The Morgan fingerprint density at radius 1 is 0.707 bits per heavy atom. The molecule has 4 heterocycles. The molecule has 7 aromatic rings. The van der Waals surface area contributed by atoms with E-state index in [-0.39, 0.29) is 10.8 Å². The number of pyridine rings is 2. The molecule has 0 radical (unpaired) electrons. The van der Waals surface area contributed by atoms with E-state index in [1.165, 1.54) is 65.7 Å². The van der Waals surface area contributed by atoms with Crippen molar-refractivity contribution in [2.24, 2.45) is 7.05 Å². The molecule has 4 aromatic heterocycles. The topological polar surface area (TPSA) is 47.0 Å². The largest absolute Gasteiger partial charge is 0.307 e. The second kappa shape index (κ2) is 8.22. The molecule has 0 saturated carbocycles. The van der Waals surface area contributed by atoms with Gasteiger partial charge in [0.15, 0.2) is 12.0 Å². The van der Waals surface area contributed by atoms with Gasteiger partial charge in [-0.1, -0.05) is 59.7 Å². The summed E-state index contributed by atoms with van der Waals surface area (Å²) in [5.74, 6) is 2.38. The van der Waals surface area contributed by atoms with Crippen LogP contribution in [0.4, 0.5) is 0 Å². The van der Waals surface area contributed by atoms with Gasteiger partial charge in [0.05, 0.1) is 27.3 Å². The lowest BCUT2D eigenvalue weighted by molar-refractivity contribution is -0.643. The highest BCUT2D eigenvalue weighted by Gasteiger charge is 2.28. The zero-order valence-corrected chi connectivity index (χ0v) is 25.9. The van der Waals surface area contributed by atoms with Gasteiger partial charge >= 0.3 is 0 Å². The van der Waals surface area contributed by atoms with Gasteiger partial charge < -0.3 is 4.40 Å².